The van der Waals surface area contributed by atoms with Crippen LogP contribution in [-0.2, 0) is 0 Å². The van der Waals surface area contributed by atoms with Crippen LogP contribution in [0, 0.1) is 0 Å². The van der Waals surface area contributed by atoms with Gasteiger partial charge in [0.05, 0.1) is 5.69 Å². The summed E-state index contributed by atoms with van der Waals surface area (Å²) in [6.07, 6.45) is 7.50. The highest BCUT2D eigenvalue weighted by atomic mass is 15.1. The van der Waals surface area contributed by atoms with Crippen molar-refractivity contribution in [2.24, 2.45) is 0 Å². The summed E-state index contributed by atoms with van der Waals surface area (Å²) in [6, 6.07) is 81.5. The molecule has 3 heteroatoms. The summed E-state index contributed by atoms with van der Waals surface area (Å²) in [4.78, 5) is 11.3. The van der Waals surface area contributed by atoms with Crippen molar-refractivity contribution in [3.05, 3.63) is 249 Å². The summed E-state index contributed by atoms with van der Waals surface area (Å²) >= 11 is 0. The summed E-state index contributed by atoms with van der Waals surface area (Å²) in [5.74, 6) is 0. The van der Waals surface area contributed by atoms with Gasteiger partial charge in [0.2, 0.25) is 0 Å². The van der Waals surface area contributed by atoms with Crippen LogP contribution in [0.3, 0.4) is 0 Å². The molecular formula is C62H41N3. The van der Waals surface area contributed by atoms with Crippen molar-refractivity contribution < 1.29 is 0 Å². The Balaban J connectivity index is 0.964. The van der Waals surface area contributed by atoms with Gasteiger partial charge in [0.15, 0.2) is 0 Å². The van der Waals surface area contributed by atoms with Gasteiger partial charge in [-0.15, -0.1) is 0 Å². The van der Waals surface area contributed by atoms with Crippen molar-refractivity contribution >= 4 is 60.2 Å². The van der Waals surface area contributed by atoms with Crippen LogP contribution in [-0.4, -0.2) is 9.97 Å². The molecule has 0 spiro atoms. The van der Waals surface area contributed by atoms with Crippen LogP contribution < -0.4 is 4.90 Å². The van der Waals surface area contributed by atoms with E-state index < -0.39 is 0 Å². The van der Waals surface area contributed by atoms with E-state index in [1.54, 1.807) is 0 Å². The second-order valence-corrected chi connectivity index (χ2v) is 16.6. The number of aromatic nitrogens is 2. The number of fused-ring (bicyclic) bond motifs is 4. The normalized spacial score (nSPS) is 11.4. The fraction of sp³-hybridized carbons (Fsp3) is 0. The summed E-state index contributed by atoms with van der Waals surface area (Å²) in [7, 11) is 0. The van der Waals surface area contributed by atoms with Gasteiger partial charge in [-0.1, -0.05) is 176 Å². The zero-order valence-electron chi connectivity index (χ0n) is 35.5. The van der Waals surface area contributed by atoms with E-state index in [0.29, 0.717) is 0 Å². The molecule has 12 aromatic rings. The number of nitrogens with zero attached hydrogens (tertiary/aromatic N) is 3. The van der Waals surface area contributed by atoms with E-state index in [1.165, 1.54) is 65.3 Å². The van der Waals surface area contributed by atoms with Crippen molar-refractivity contribution in [2.75, 3.05) is 4.90 Å². The van der Waals surface area contributed by atoms with Crippen molar-refractivity contribution in [1.82, 2.24) is 9.97 Å². The third kappa shape index (κ3) is 6.87. The van der Waals surface area contributed by atoms with Crippen LogP contribution in [0.4, 0.5) is 17.1 Å². The van der Waals surface area contributed by atoms with Gasteiger partial charge in [-0.05, 0) is 131 Å². The Morgan fingerprint density at radius 2 is 0.738 bits per heavy atom. The Labute approximate surface area is 378 Å². The van der Waals surface area contributed by atoms with Gasteiger partial charge in [0.1, 0.15) is 0 Å². The largest absolute Gasteiger partial charge is 0.310 e. The molecule has 0 saturated heterocycles. The molecule has 0 aliphatic heterocycles. The summed E-state index contributed by atoms with van der Waals surface area (Å²) in [5, 5.41) is 9.88. The van der Waals surface area contributed by atoms with Gasteiger partial charge in [0.25, 0.3) is 0 Å². The fourth-order valence-electron chi connectivity index (χ4n) is 9.78. The van der Waals surface area contributed by atoms with Crippen molar-refractivity contribution in [1.29, 1.82) is 0 Å². The molecule has 10 aromatic carbocycles. The molecular weight excluding hydrogens is 787 g/mol. The topological polar surface area (TPSA) is 29.0 Å². The van der Waals surface area contributed by atoms with E-state index in [4.69, 9.17) is 0 Å². The molecule has 0 amide bonds. The number of anilines is 3. The van der Waals surface area contributed by atoms with Crippen LogP contribution in [0.5, 0.6) is 0 Å². The van der Waals surface area contributed by atoms with Gasteiger partial charge >= 0.3 is 0 Å². The molecule has 12 rings (SSSR count). The lowest BCUT2D eigenvalue weighted by Crippen LogP contribution is -2.11. The lowest BCUT2D eigenvalue weighted by molar-refractivity contribution is 1.29. The van der Waals surface area contributed by atoms with Gasteiger partial charge in [-0.2, -0.15) is 0 Å². The molecule has 0 aliphatic rings. The van der Waals surface area contributed by atoms with Crippen LogP contribution in [0.25, 0.3) is 98.7 Å². The van der Waals surface area contributed by atoms with E-state index in [0.717, 1.165) is 50.4 Å². The van der Waals surface area contributed by atoms with E-state index in [9.17, 15) is 0 Å². The number of hydrogen-bond acceptors (Lipinski definition) is 3. The quantitative estimate of drug-likeness (QED) is 0.143. The van der Waals surface area contributed by atoms with Gasteiger partial charge < -0.3 is 4.90 Å². The van der Waals surface area contributed by atoms with Crippen molar-refractivity contribution in [3.63, 3.8) is 0 Å². The first-order valence-corrected chi connectivity index (χ1v) is 22.1. The molecule has 0 bridgehead atoms. The first kappa shape index (κ1) is 38.0. The summed E-state index contributed by atoms with van der Waals surface area (Å²) in [5.41, 5.74) is 14.8. The van der Waals surface area contributed by atoms with E-state index >= 15 is 0 Å². The minimum atomic E-state index is 1.05. The molecule has 0 atom stereocenters. The maximum Gasteiger partial charge on any atom is 0.0540 e. The van der Waals surface area contributed by atoms with Crippen LogP contribution in [0.2, 0.25) is 0 Å². The smallest absolute Gasteiger partial charge is 0.0540 e. The number of pyridine rings is 2. The Kier molecular flexibility index (Phi) is 9.50. The molecule has 304 valence electrons. The molecule has 0 saturated carbocycles. The second-order valence-electron chi connectivity index (χ2n) is 16.6. The number of benzene rings is 10. The predicted molar refractivity (Wildman–Crippen MR) is 274 cm³/mol. The molecule has 2 heterocycles. The molecule has 0 N–H and O–H groups in total. The standard InChI is InChI=1S/C62H41N3/c1-3-19-53-44(13-1)15-9-25-55(53)62-58-23-7-5-21-56(58)61(57-22-6-8-24-59(57)62)46-29-27-42(28-30-46)43-31-33-51(34-32-43)65(60-26-10-16-45-14-2-4-20-54(45)60)52-38-49(47-17-11-35-63-40-47)37-50(39-52)48-18-12-36-64-41-48/h1-41H. The fourth-order valence-corrected chi connectivity index (χ4v) is 9.78. The Morgan fingerprint density at radius 1 is 0.277 bits per heavy atom. The lowest BCUT2D eigenvalue weighted by atomic mass is 9.84. The third-order valence-electron chi connectivity index (χ3n) is 12.8. The summed E-state index contributed by atoms with van der Waals surface area (Å²) in [6.45, 7) is 0. The Hall–Kier alpha value is -8.66. The van der Waals surface area contributed by atoms with Crippen molar-refractivity contribution in [3.8, 4) is 55.6 Å². The Bertz CT molecular complexity index is 3570. The van der Waals surface area contributed by atoms with Crippen LogP contribution in [0.1, 0.15) is 0 Å². The summed E-state index contributed by atoms with van der Waals surface area (Å²) < 4.78 is 0. The molecule has 0 unspecified atom stereocenters. The van der Waals surface area contributed by atoms with Gasteiger partial charge in [-0.3, -0.25) is 9.97 Å². The molecule has 65 heavy (non-hydrogen) atoms. The highest BCUT2D eigenvalue weighted by molar-refractivity contribution is 6.23. The minimum absolute atomic E-state index is 1.05. The highest BCUT2D eigenvalue weighted by Crippen LogP contribution is 2.46. The molecule has 0 radical (unpaired) electrons. The first-order valence-electron chi connectivity index (χ1n) is 22.1. The number of rotatable bonds is 8. The van der Waals surface area contributed by atoms with Crippen LogP contribution in [0.15, 0.2) is 249 Å². The van der Waals surface area contributed by atoms with Gasteiger partial charge in [0, 0.05) is 52.7 Å². The minimum Gasteiger partial charge on any atom is -0.310 e. The third-order valence-corrected chi connectivity index (χ3v) is 12.8. The Morgan fingerprint density at radius 3 is 1.31 bits per heavy atom. The van der Waals surface area contributed by atoms with E-state index in [2.05, 4.69) is 227 Å². The van der Waals surface area contributed by atoms with Crippen LogP contribution >= 0.6 is 0 Å². The molecule has 0 fully saturated rings. The number of hydrogen-bond donors (Lipinski definition) is 0. The first-order chi connectivity index (χ1) is 32.2. The molecule has 2 aromatic heterocycles. The monoisotopic (exact) mass is 827 g/mol. The predicted octanol–water partition coefficient (Wildman–Crippen LogP) is 16.9. The zero-order valence-corrected chi connectivity index (χ0v) is 35.5. The highest BCUT2D eigenvalue weighted by Gasteiger charge is 2.20. The average Bonchev–Trinajstić information content (AvgIpc) is 3.39. The van der Waals surface area contributed by atoms with E-state index in [-0.39, 0.29) is 0 Å². The van der Waals surface area contributed by atoms with Crippen molar-refractivity contribution in [2.45, 2.75) is 0 Å². The maximum absolute atomic E-state index is 4.48. The van der Waals surface area contributed by atoms with E-state index in [1.807, 2.05) is 36.9 Å². The molecule has 3 nitrogen and oxygen atoms in total. The maximum atomic E-state index is 4.48. The zero-order chi connectivity index (χ0) is 43.1. The van der Waals surface area contributed by atoms with Gasteiger partial charge in [-0.25, -0.2) is 0 Å². The second kappa shape index (κ2) is 16.2. The molecule has 0 aliphatic carbocycles. The lowest BCUT2D eigenvalue weighted by Gasteiger charge is -2.28. The SMILES string of the molecule is c1cncc(-c2cc(-c3cccnc3)cc(N(c3ccc(-c4ccc(-c5c6ccccc6c(-c6cccc7ccccc67)c6ccccc56)cc4)cc3)c3cccc4ccccc34)c2)c1. The average molecular weight is 828 g/mol.